The molecule has 0 amide bonds. The van der Waals surface area contributed by atoms with Crippen LogP contribution in [0.15, 0.2) is 42.5 Å². The van der Waals surface area contributed by atoms with Crippen LogP contribution in [0, 0.1) is 13.8 Å². The molecule has 0 bridgehead atoms. The first-order valence-corrected chi connectivity index (χ1v) is 9.27. The number of hydrogen-bond acceptors (Lipinski definition) is 3. The Balaban J connectivity index is 1.55. The van der Waals surface area contributed by atoms with E-state index in [9.17, 15) is 8.78 Å². The van der Waals surface area contributed by atoms with Gasteiger partial charge in [-0.15, -0.1) is 0 Å². The summed E-state index contributed by atoms with van der Waals surface area (Å²) in [5.41, 5.74) is 4.64. The number of benzene rings is 2. The molecule has 0 saturated carbocycles. The van der Waals surface area contributed by atoms with E-state index < -0.39 is 6.61 Å². The van der Waals surface area contributed by atoms with Gasteiger partial charge in [-0.1, -0.05) is 12.1 Å². The van der Waals surface area contributed by atoms with E-state index in [1.807, 2.05) is 0 Å². The molecule has 0 radical (unpaired) electrons. The van der Waals surface area contributed by atoms with Gasteiger partial charge in [-0.05, 0) is 67.5 Å². The number of hydrogen-bond donors (Lipinski definition) is 1. The van der Waals surface area contributed by atoms with Crippen molar-refractivity contribution in [2.45, 2.75) is 20.5 Å². The van der Waals surface area contributed by atoms with Crippen LogP contribution in [-0.4, -0.2) is 42.8 Å². The van der Waals surface area contributed by atoms with E-state index in [-0.39, 0.29) is 5.75 Å². The van der Waals surface area contributed by atoms with Crippen LogP contribution in [0.2, 0.25) is 0 Å². The zero-order chi connectivity index (χ0) is 19.4. The van der Waals surface area contributed by atoms with Crippen LogP contribution in [-0.2, 0) is 0 Å². The number of anilines is 2. The van der Waals surface area contributed by atoms with Crippen LogP contribution in [0.4, 0.5) is 20.2 Å². The third kappa shape index (κ3) is 4.86. The molecule has 4 nitrogen and oxygen atoms in total. The van der Waals surface area contributed by atoms with E-state index in [0.717, 1.165) is 31.9 Å². The van der Waals surface area contributed by atoms with Crippen molar-refractivity contribution in [2.24, 2.45) is 0 Å². The Morgan fingerprint density at radius 3 is 2.33 bits per heavy atom. The highest BCUT2D eigenvalue weighted by atomic mass is 32.1. The van der Waals surface area contributed by atoms with E-state index in [2.05, 4.69) is 51.9 Å². The predicted molar refractivity (Wildman–Crippen MR) is 109 cm³/mol. The number of aryl methyl sites for hydroxylation is 1. The minimum Gasteiger partial charge on any atom is -0.435 e. The fourth-order valence-corrected chi connectivity index (χ4v) is 3.45. The summed E-state index contributed by atoms with van der Waals surface area (Å²) in [5, 5.41) is 3.80. The highest BCUT2D eigenvalue weighted by Gasteiger charge is 2.20. The maximum Gasteiger partial charge on any atom is 0.387 e. The molecular weight excluding hydrogens is 368 g/mol. The van der Waals surface area contributed by atoms with E-state index in [1.54, 1.807) is 12.1 Å². The van der Waals surface area contributed by atoms with Crippen molar-refractivity contribution >= 4 is 28.7 Å². The average Bonchev–Trinajstić information content (AvgIpc) is 2.65. The standard InChI is InChI=1S/C20H23F2N3OS/c1-14-4-3-5-18(15(14)2)24-10-12-25(13-11-24)20(27)23-16-6-8-17(9-7-16)26-19(21)22/h3-9,19H,10-13H2,1-2H3,(H,23,27). The smallest absolute Gasteiger partial charge is 0.387 e. The quantitative estimate of drug-likeness (QED) is 0.779. The van der Waals surface area contributed by atoms with Crippen LogP contribution in [0.5, 0.6) is 5.75 Å². The number of thiocarbonyl (C=S) groups is 1. The van der Waals surface area contributed by atoms with Crippen molar-refractivity contribution in [3.63, 3.8) is 0 Å². The second-order valence-electron chi connectivity index (χ2n) is 6.53. The van der Waals surface area contributed by atoms with Gasteiger partial charge in [0.05, 0.1) is 0 Å². The Morgan fingerprint density at radius 2 is 1.70 bits per heavy atom. The Labute approximate surface area is 163 Å². The summed E-state index contributed by atoms with van der Waals surface area (Å²) < 4.78 is 28.8. The van der Waals surface area contributed by atoms with Gasteiger partial charge in [-0.2, -0.15) is 8.78 Å². The minimum absolute atomic E-state index is 0.128. The Bertz CT molecular complexity index is 790. The monoisotopic (exact) mass is 391 g/mol. The summed E-state index contributed by atoms with van der Waals surface area (Å²) in [4.78, 5) is 4.51. The highest BCUT2D eigenvalue weighted by Crippen LogP contribution is 2.24. The van der Waals surface area contributed by atoms with Gasteiger partial charge in [0, 0.05) is 37.6 Å². The first kappa shape index (κ1) is 19.4. The number of halogens is 2. The minimum atomic E-state index is -2.82. The second kappa shape index (κ2) is 8.52. The summed E-state index contributed by atoms with van der Waals surface area (Å²) in [6.45, 7) is 4.91. The third-order valence-corrected chi connectivity index (χ3v) is 5.17. The Kier molecular flexibility index (Phi) is 6.11. The lowest BCUT2D eigenvalue weighted by molar-refractivity contribution is -0.0498. The van der Waals surface area contributed by atoms with Gasteiger partial charge in [0.2, 0.25) is 0 Å². The molecule has 2 aromatic rings. The summed E-state index contributed by atoms with van der Waals surface area (Å²) in [5.74, 6) is 0.128. The molecular formula is C20H23F2N3OS. The van der Waals surface area contributed by atoms with Crippen molar-refractivity contribution < 1.29 is 13.5 Å². The van der Waals surface area contributed by atoms with Crippen molar-refractivity contribution in [1.29, 1.82) is 0 Å². The number of rotatable bonds is 4. The largest absolute Gasteiger partial charge is 0.435 e. The van der Waals surface area contributed by atoms with Crippen LogP contribution in [0.25, 0.3) is 0 Å². The molecule has 3 rings (SSSR count). The molecule has 0 spiro atoms. The third-order valence-electron chi connectivity index (χ3n) is 4.81. The lowest BCUT2D eigenvalue weighted by Crippen LogP contribution is -2.50. The number of piperazine rings is 1. The van der Waals surface area contributed by atoms with Crippen molar-refractivity contribution in [2.75, 3.05) is 36.4 Å². The molecule has 7 heteroatoms. The van der Waals surface area contributed by atoms with E-state index in [4.69, 9.17) is 12.2 Å². The predicted octanol–water partition coefficient (Wildman–Crippen LogP) is 4.42. The molecule has 1 fully saturated rings. The highest BCUT2D eigenvalue weighted by molar-refractivity contribution is 7.80. The van der Waals surface area contributed by atoms with E-state index in [0.29, 0.717) is 5.11 Å². The van der Waals surface area contributed by atoms with Crippen molar-refractivity contribution in [3.05, 3.63) is 53.6 Å². The van der Waals surface area contributed by atoms with Gasteiger partial charge < -0.3 is 19.9 Å². The van der Waals surface area contributed by atoms with Crippen LogP contribution in [0.3, 0.4) is 0 Å². The Morgan fingerprint density at radius 1 is 1.04 bits per heavy atom. The van der Waals surface area contributed by atoms with Crippen LogP contribution in [0.1, 0.15) is 11.1 Å². The maximum absolute atomic E-state index is 12.2. The molecule has 0 aliphatic carbocycles. The molecule has 1 aliphatic heterocycles. The van der Waals surface area contributed by atoms with E-state index in [1.165, 1.54) is 28.9 Å². The zero-order valence-corrected chi connectivity index (χ0v) is 16.2. The van der Waals surface area contributed by atoms with Gasteiger partial charge in [0.15, 0.2) is 5.11 Å². The van der Waals surface area contributed by atoms with Crippen LogP contribution >= 0.6 is 12.2 Å². The summed E-state index contributed by atoms with van der Waals surface area (Å²) in [6, 6.07) is 12.7. The number of nitrogens with zero attached hydrogens (tertiary/aromatic N) is 2. The number of alkyl halides is 2. The molecule has 0 aromatic heterocycles. The number of nitrogens with one attached hydrogen (secondary N) is 1. The van der Waals surface area contributed by atoms with Gasteiger partial charge in [-0.3, -0.25) is 0 Å². The molecule has 1 saturated heterocycles. The summed E-state index contributed by atoms with van der Waals surface area (Å²) in [7, 11) is 0. The topological polar surface area (TPSA) is 27.7 Å². The lowest BCUT2D eigenvalue weighted by atomic mass is 10.1. The molecule has 1 aliphatic rings. The zero-order valence-electron chi connectivity index (χ0n) is 15.4. The first-order chi connectivity index (χ1) is 12.9. The van der Waals surface area contributed by atoms with Gasteiger partial charge in [0.25, 0.3) is 0 Å². The van der Waals surface area contributed by atoms with Gasteiger partial charge in [-0.25, -0.2) is 0 Å². The second-order valence-corrected chi connectivity index (χ2v) is 6.91. The first-order valence-electron chi connectivity index (χ1n) is 8.86. The van der Waals surface area contributed by atoms with Crippen molar-refractivity contribution in [3.8, 4) is 5.75 Å². The number of ether oxygens (including phenoxy) is 1. The molecule has 1 N–H and O–H groups in total. The molecule has 27 heavy (non-hydrogen) atoms. The van der Waals surface area contributed by atoms with Crippen LogP contribution < -0.4 is 15.0 Å². The Hall–Kier alpha value is -2.41. The fraction of sp³-hybridized carbons (Fsp3) is 0.350. The maximum atomic E-state index is 12.2. The molecule has 0 atom stereocenters. The van der Waals surface area contributed by atoms with E-state index >= 15 is 0 Å². The van der Waals surface area contributed by atoms with Crippen molar-refractivity contribution in [1.82, 2.24) is 4.90 Å². The lowest BCUT2D eigenvalue weighted by Gasteiger charge is -2.38. The molecule has 0 unspecified atom stereocenters. The fourth-order valence-electron chi connectivity index (χ4n) is 3.15. The van der Waals surface area contributed by atoms with Gasteiger partial charge in [0.1, 0.15) is 5.75 Å². The molecule has 144 valence electrons. The molecule has 2 aromatic carbocycles. The average molecular weight is 391 g/mol. The SMILES string of the molecule is Cc1cccc(N2CCN(C(=S)Nc3ccc(OC(F)F)cc3)CC2)c1C. The summed E-state index contributed by atoms with van der Waals surface area (Å²) in [6.07, 6.45) is 0. The normalized spacial score (nSPS) is 14.4. The summed E-state index contributed by atoms with van der Waals surface area (Å²) >= 11 is 5.51. The van der Waals surface area contributed by atoms with Gasteiger partial charge >= 0.3 is 6.61 Å². The molecule has 1 heterocycles.